The Morgan fingerprint density at radius 3 is 2.57 bits per heavy atom. The van der Waals surface area contributed by atoms with Gasteiger partial charge in [0.2, 0.25) is 0 Å². The number of carbonyl (C=O) groups is 4. The van der Waals surface area contributed by atoms with Gasteiger partial charge in [-0.2, -0.15) is 5.26 Å². The van der Waals surface area contributed by atoms with Crippen LogP contribution < -0.4 is 4.74 Å². The van der Waals surface area contributed by atoms with Gasteiger partial charge in [-0.1, -0.05) is 24.6 Å². The van der Waals surface area contributed by atoms with Gasteiger partial charge in [-0.25, -0.2) is 4.79 Å². The van der Waals surface area contributed by atoms with Gasteiger partial charge in [-0.15, -0.1) is 0 Å². The molecule has 190 valence electrons. The fraction of sp³-hybridized carbons (Fsp3) is 0.269. The number of ether oxygens (including phenoxy) is 2. The van der Waals surface area contributed by atoms with Crippen LogP contribution in [0.1, 0.15) is 58.9 Å². The molecule has 0 atom stereocenters. The number of unbranched alkanes of at least 4 members (excludes halogenated alkanes) is 2. The van der Waals surface area contributed by atoms with Gasteiger partial charge in [0.25, 0.3) is 17.5 Å². The van der Waals surface area contributed by atoms with Crippen molar-refractivity contribution >= 4 is 35.5 Å². The number of fused-ring (bicyclic) bond motifs is 1. The first-order valence-electron chi connectivity index (χ1n) is 11.5. The van der Waals surface area contributed by atoms with Crippen LogP contribution in [0.5, 0.6) is 5.75 Å². The van der Waals surface area contributed by atoms with Crippen molar-refractivity contribution in [1.29, 1.82) is 5.26 Å². The van der Waals surface area contributed by atoms with Gasteiger partial charge < -0.3 is 9.47 Å². The number of carbonyl (C=O) groups excluding carboxylic acids is 4. The molecule has 3 rings (SSSR count). The minimum atomic E-state index is -0.744. The molecule has 0 aliphatic carbocycles. The SMILES string of the molecule is CCOC(=O)/C(C#N)=C/c1cccc(OC(=O)CCCCCN2C(=O)c3cccc([N+](=O)[O-])c3C2=O)c1. The second-order valence-electron chi connectivity index (χ2n) is 7.97. The van der Waals surface area contributed by atoms with Crippen LogP contribution in [-0.4, -0.2) is 46.7 Å². The van der Waals surface area contributed by atoms with Crippen molar-refractivity contribution in [3.8, 4) is 11.8 Å². The van der Waals surface area contributed by atoms with E-state index >= 15 is 0 Å². The summed E-state index contributed by atoms with van der Waals surface area (Å²) in [5, 5.41) is 20.3. The fourth-order valence-corrected chi connectivity index (χ4v) is 3.75. The number of amides is 2. The molecule has 0 N–H and O–H groups in total. The molecule has 1 aliphatic rings. The highest BCUT2D eigenvalue weighted by atomic mass is 16.6. The number of hydrogen-bond acceptors (Lipinski definition) is 9. The zero-order valence-corrected chi connectivity index (χ0v) is 20.0. The number of hydrogen-bond donors (Lipinski definition) is 0. The van der Waals surface area contributed by atoms with Crippen molar-refractivity contribution < 1.29 is 33.6 Å². The van der Waals surface area contributed by atoms with Crippen LogP contribution in [0.4, 0.5) is 5.69 Å². The van der Waals surface area contributed by atoms with Crippen molar-refractivity contribution in [3.63, 3.8) is 0 Å². The lowest BCUT2D eigenvalue weighted by Crippen LogP contribution is -2.30. The van der Waals surface area contributed by atoms with Gasteiger partial charge in [0, 0.05) is 19.0 Å². The first-order chi connectivity index (χ1) is 17.8. The van der Waals surface area contributed by atoms with Crippen molar-refractivity contribution in [2.24, 2.45) is 0 Å². The molecule has 0 bridgehead atoms. The second kappa shape index (κ2) is 12.2. The predicted octanol–water partition coefficient (Wildman–Crippen LogP) is 3.83. The summed E-state index contributed by atoms with van der Waals surface area (Å²) in [6, 6.07) is 12.0. The van der Waals surface area contributed by atoms with Crippen molar-refractivity contribution in [2.45, 2.75) is 32.6 Å². The van der Waals surface area contributed by atoms with Gasteiger partial charge in [0.1, 0.15) is 23.0 Å². The van der Waals surface area contributed by atoms with E-state index in [9.17, 15) is 29.3 Å². The standard InChI is InChI=1S/C26H23N3O8/c1-2-36-26(33)18(16-27)14-17-8-6-9-19(15-17)37-22(30)12-4-3-5-13-28-24(31)20-10-7-11-21(29(34)35)23(20)25(28)32/h6-11,14-15H,2-5,12-13H2,1H3/b18-14+. The van der Waals surface area contributed by atoms with Crippen molar-refractivity contribution in [2.75, 3.05) is 13.2 Å². The molecule has 11 nitrogen and oxygen atoms in total. The number of nitro groups is 1. The summed E-state index contributed by atoms with van der Waals surface area (Å²) in [6.45, 7) is 1.84. The molecule has 0 aromatic heterocycles. The zero-order chi connectivity index (χ0) is 26.9. The molecule has 11 heteroatoms. The average Bonchev–Trinajstić information content (AvgIpc) is 3.12. The van der Waals surface area contributed by atoms with Crippen LogP contribution in [0.2, 0.25) is 0 Å². The van der Waals surface area contributed by atoms with Gasteiger partial charge in [0.05, 0.1) is 17.1 Å². The molecule has 0 radical (unpaired) electrons. The van der Waals surface area contributed by atoms with E-state index < -0.39 is 34.4 Å². The van der Waals surface area contributed by atoms with Crippen molar-refractivity contribution in [3.05, 3.63) is 74.8 Å². The molecular formula is C26H23N3O8. The summed E-state index contributed by atoms with van der Waals surface area (Å²) in [5.74, 6) is -2.26. The Balaban J connectivity index is 1.48. The quantitative estimate of drug-likeness (QED) is 0.0647. The van der Waals surface area contributed by atoms with Gasteiger partial charge in [0.15, 0.2) is 0 Å². The molecule has 1 aliphatic heterocycles. The van der Waals surface area contributed by atoms with E-state index in [1.165, 1.54) is 30.3 Å². The fourth-order valence-electron chi connectivity index (χ4n) is 3.75. The Bertz CT molecular complexity index is 1330. The van der Waals surface area contributed by atoms with Gasteiger partial charge in [-0.3, -0.25) is 29.4 Å². The number of rotatable bonds is 11. The molecule has 0 unspecified atom stereocenters. The Hall–Kier alpha value is -4.85. The number of nitrogens with zero attached hydrogens (tertiary/aromatic N) is 3. The zero-order valence-electron chi connectivity index (χ0n) is 20.0. The molecular weight excluding hydrogens is 482 g/mol. The van der Waals surface area contributed by atoms with Crippen LogP contribution in [0.25, 0.3) is 6.08 Å². The summed E-state index contributed by atoms with van der Waals surface area (Å²) >= 11 is 0. The van der Waals surface area contributed by atoms with E-state index in [0.29, 0.717) is 24.8 Å². The maximum absolute atomic E-state index is 12.6. The maximum Gasteiger partial charge on any atom is 0.348 e. The normalized spacial score (nSPS) is 12.6. The first kappa shape index (κ1) is 26.7. The molecule has 2 aromatic rings. The Morgan fingerprint density at radius 2 is 1.86 bits per heavy atom. The number of imide groups is 1. The molecule has 1 heterocycles. The minimum absolute atomic E-state index is 0.0176. The van der Waals surface area contributed by atoms with E-state index in [2.05, 4.69) is 0 Å². The van der Waals surface area contributed by atoms with Crippen LogP contribution in [0, 0.1) is 21.4 Å². The number of benzene rings is 2. The maximum atomic E-state index is 12.6. The number of nitro benzene ring substituents is 1. The van der Waals surface area contributed by atoms with Gasteiger partial charge in [-0.05, 0) is 49.6 Å². The van der Waals surface area contributed by atoms with Crippen LogP contribution in [0.3, 0.4) is 0 Å². The number of esters is 2. The lowest BCUT2D eigenvalue weighted by Gasteiger charge is -2.13. The predicted molar refractivity (Wildman–Crippen MR) is 129 cm³/mol. The van der Waals surface area contributed by atoms with Crippen molar-refractivity contribution in [1.82, 2.24) is 4.90 Å². The molecule has 0 spiro atoms. The molecule has 2 amide bonds. The summed E-state index contributed by atoms with van der Waals surface area (Å²) in [6.07, 6.45) is 2.78. The third kappa shape index (κ3) is 6.43. The van der Waals surface area contributed by atoms with E-state index in [1.807, 2.05) is 0 Å². The molecule has 0 saturated carbocycles. The lowest BCUT2D eigenvalue weighted by molar-refractivity contribution is -0.385. The van der Waals surface area contributed by atoms with E-state index in [4.69, 9.17) is 14.7 Å². The Kier molecular flexibility index (Phi) is 8.83. The topological polar surface area (TPSA) is 157 Å². The molecule has 0 fully saturated rings. The monoisotopic (exact) mass is 505 g/mol. The molecule has 0 saturated heterocycles. The van der Waals surface area contributed by atoms with E-state index in [0.717, 1.165) is 4.90 Å². The Labute approximate surface area is 212 Å². The largest absolute Gasteiger partial charge is 0.462 e. The minimum Gasteiger partial charge on any atom is -0.462 e. The summed E-state index contributed by atoms with van der Waals surface area (Å²) < 4.78 is 10.1. The third-order valence-electron chi connectivity index (χ3n) is 5.45. The second-order valence-corrected chi connectivity index (χ2v) is 7.97. The highest BCUT2D eigenvalue weighted by molar-refractivity contribution is 6.23. The average molecular weight is 505 g/mol. The van der Waals surface area contributed by atoms with Crippen LogP contribution >= 0.6 is 0 Å². The highest BCUT2D eigenvalue weighted by Gasteiger charge is 2.40. The lowest BCUT2D eigenvalue weighted by atomic mass is 10.1. The summed E-state index contributed by atoms with van der Waals surface area (Å²) in [7, 11) is 0. The van der Waals surface area contributed by atoms with Crippen LogP contribution in [0.15, 0.2) is 48.0 Å². The highest BCUT2D eigenvalue weighted by Crippen LogP contribution is 2.31. The Morgan fingerprint density at radius 1 is 1.11 bits per heavy atom. The third-order valence-corrected chi connectivity index (χ3v) is 5.45. The van der Waals surface area contributed by atoms with Gasteiger partial charge >= 0.3 is 11.9 Å². The number of nitriles is 1. The smallest absolute Gasteiger partial charge is 0.348 e. The molecule has 37 heavy (non-hydrogen) atoms. The first-order valence-corrected chi connectivity index (χ1v) is 11.5. The molecule has 2 aromatic carbocycles. The van der Waals surface area contributed by atoms with Crippen LogP contribution in [-0.2, 0) is 14.3 Å². The summed E-state index contributed by atoms with van der Waals surface area (Å²) in [5.41, 5.74) is -0.272. The summed E-state index contributed by atoms with van der Waals surface area (Å²) in [4.78, 5) is 60.6. The van der Waals surface area contributed by atoms with E-state index in [1.54, 1.807) is 31.2 Å². The van der Waals surface area contributed by atoms with E-state index in [-0.39, 0.29) is 42.0 Å².